The first kappa shape index (κ1) is 7.98. The molecule has 0 unspecified atom stereocenters. The number of unbranched alkanes of at least 4 members (excludes halogenated alkanes) is 1. The van der Waals surface area contributed by atoms with Gasteiger partial charge in [0.25, 0.3) is 0 Å². The van der Waals surface area contributed by atoms with Crippen molar-refractivity contribution < 1.29 is 9.32 Å². The SMILES string of the molecule is Cc1cc(CCCC=O)on1. The minimum Gasteiger partial charge on any atom is -0.361 e. The molecule has 1 aromatic heterocycles. The van der Waals surface area contributed by atoms with Gasteiger partial charge in [0.2, 0.25) is 0 Å². The van der Waals surface area contributed by atoms with Crippen LogP contribution in [-0.4, -0.2) is 11.4 Å². The van der Waals surface area contributed by atoms with E-state index in [1.54, 1.807) is 0 Å². The Balaban J connectivity index is 2.32. The largest absolute Gasteiger partial charge is 0.361 e. The molecular weight excluding hydrogens is 142 g/mol. The molecule has 0 atom stereocenters. The highest BCUT2D eigenvalue weighted by Gasteiger charge is 1.98. The third-order valence-electron chi connectivity index (χ3n) is 1.42. The number of hydrogen-bond donors (Lipinski definition) is 0. The number of carbonyl (C=O) groups is 1. The molecule has 1 aromatic rings. The molecule has 3 nitrogen and oxygen atoms in total. The van der Waals surface area contributed by atoms with Crippen LogP contribution in [0, 0.1) is 6.92 Å². The van der Waals surface area contributed by atoms with E-state index in [9.17, 15) is 4.79 Å². The first-order valence-corrected chi connectivity index (χ1v) is 3.69. The van der Waals surface area contributed by atoms with Gasteiger partial charge in [-0.3, -0.25) is 0 Å². The summed E-state index contributed by atoms with van der Waals surface area (Å²) in [6.45, 7) is 1.88. The minimum atomic E-state index is 0.597. The Morgan fingerprint density at radius 2 is 2.55 bits per heavy atom. The molecule has 0 aromatic carbocycles. The number of rotatable bonds is 4. The summed E-state index contributed by atoms with van der Waals surface area (Å²) in [4.78, 5) is 9.95. The van der Waals surface area contributed by atoms with Crippen molar-refractivity contribution in [3.05, 3.63) is 17.5 Å². The maximum absolute atomic E-state index is 9.95. The predicted octanol–water partition coefficient (Wildman–Crippen LogP) is 1.50. The molecule has 60 valence electrons. The number of aromatic nitrogens is 1. The zero-order valence-corrected chi connectivity index (χ0v) is 6.54. The van der Waals surface area contributed by atoms with E-state index in [1.165, 1.54) is 0 Å². The standard InChI is InChI=1S/C8H11NO2/c1-7-6-8(11-9-7)4-2-3-5-10/h5-6H,2-4H2,1H3. The van der Waals surface area contributed by atoms with Crippen LogP contribution in [0.4, 0.5) is 0 Å². The van der Waals surface area contributed by atoms with Crippen molar-refractivity contribution in [2.24, 2.45) is 0 Å². The van der Waals surface area contributed by atoms with Gasteiger partial charge in [0.1, 0.15) is 12.0 Å². The second-order valence-corrected chi connectivity index (χ2v) is 2.49. The lowest BCUT2D eigenvalue weighted by atomic mass is 10.2. The Bertz CT molecular complexity index is 230. The summed E-state index contributed by atoms with van der Waals surface area (Å²) >= 11 is 0. The van der Waals surface area contributed by atoms with E-state index in [2.05, 4.69) is 5.16 Å². The summed E-state index contributed by atoms with van der Waals surface area (Å²) in [7, 11) is 0. The molecule has 3 heteroatoms. The summed E-state index contributed by atoms with van der Waals surface area (Å²) in [6.07, 6.45) is 3.17. The van der Waals surface area contributed by atoms with Crippen LogP contribution in [0.1, 0.15) is 24.3 Å². The molecule has 11 heavy (non-hydrogen) atoms. The summed E-state index contributed by atoms with van der Waals surface area (Å²) in [6, 6.07) is 1.89. The third-order valence-corrected chi connectivity index (χ3v) is 1.42. The van der Waals surface area contributed by atoms with Gasteiger partial charge in [-0.05, 0) is 13.3 Å². The van der Waals surface area contributed by atoms with Crippen molar-refractivity contribution >= 4 is 6.29 Å². The molecule has 1 rings (SSSR count). The lowest BCUT2D eigenvalue weighted by Gasteiger charge is -1.88. The summed E-state index contributed by atoms with van der Waals surface area (Å²) in [5.74, 6) is 0.865. The molecule has 1 heterocycles. The highest BCUT2D eigenvalue weighted by molar-refractivity contribution is 5.49. The molecule has 0 aliphatic carbocycles. The highest BCUT2D eigenvalue weighted by Crippen LogP contribution is 2.05. The molecule has 0 N–H and O–H groups in total. The summed E-state index contributed by atoms with van der Waals surface area (Å²) in [5, 5.41) is 3.73. The maximum atomic E-state index is 9.95. The van der Waals surface area contributed by atoms with Crippen molar-refractivity contribution in [2.45, 2.75) is 26.2 Å². The van der Waals surface area contributed by atoms with Crippen LogP contribution in [0.25, 0.3) is 0 Å². The molecule has 0 saturated carbocycles. The molecule has 0 bridgehead atoms. The monoisotopic (exact) mass is 153 g/mol. The lowest BCUT2D eigenvalue weighted by molar-refractivity contribution is -0.107. The van der Waals surface area contributed by atoms with Crippen LogP contribution in [-0.2, 0) is 11.2 Å². The van der Waals surface area contributed by atoms with Gasteiger partial charge in [0.15, 0.2) is 0 Å². The fourth-order valence-corrected chi connectivity index (χ4v) is 0.894. The number of hydrogen-bond acceptors (Lipinski definition) is 3. The molecule has 0 aliphatic rings. The van der Waals surface area contributed by atoms with Crippen LogP contribution in [0.5, 0.6) is 0 Å². The van der Waals surface area contributed by atoms with E-state index in [0.717, 1.165) is 30.6 Å². The van der Waals surface area contributed by atoms with Gasteiger partial charge in [0.05, 0.1) is 5.69 Å². The van der Waals surface area contributed by atoms with Crippen LogP contribution in [0.15, 0.2) is 10.6 Å². The Hall–Kier alpha value is -1.12. The Morgan fingerprint density at radius 1 is 1.73 bits per heavy atom. The van der Waals surface area contributed by atoms with E-state index in [4.69, 9.17) is 4.52 Å². The molecule has 0 fully saturated rings. The molecule has 0 aliphatic heterocycles. The Labute approximate surface area is 65.4 Å². The first-order valence-electron chi connectivity index (χ1n) is 3.69. The molecule has 0 saturated heterocycles. The van der Waals surface area contributed by atoms with E-state index in [1.807, 2.05) is 13.0 Å². The quantitative estimate of drug-likeness (QED) is 0.486. The average molecular weight is 153 g/mol. The first-order chi connectivity index (χ1) is 5.33. The van der Waals surface area contributed by atoms with Crippen LogP contribution in [0.3, 0.4) is 0 Å². The van der Waals surface area contributed by atoms with Gasteiger partial charge in [-0.25, -0.2) is 0 Å². The summed E-state index contributed by atoms with van der Waals surface area (Å²) < 4.78 is 4.94. The van der Waals surface area contributed by atoms with Crippen LogP contribution in [0.2, 0.25) is 0 Å². The number of aldehydes is 1. The molecule has 0 radical (unpaired) electrons. The third kappa shape index (κ3) is 2.53. The van der Waals surface area contributed by atoms with Crippen LogP contribution >= 0.6 is 0 Å². The molecule has 0 spiro atoms. The van der Waals surface area contributed by atoms with E-state index >= 15 is 0 Å². The van der Waals surface area contributed by atoms with E-state index in [-0.39, 0.29) is 0 Å². The van der Waals surface area contributed by atoms with Crippen molar-refractivity contribution in [2.75, 3.05) is 0 Å². The topological polar surface area (TPSA) is 43.1 Å². The Morgan fingerprint density at radius 3 is 3.09 bits per heavy atom. The van der Waals surface area contributed by atoms with E-state index in [0.29, 0.717) is 6.42 Å². The summed E-state index contributed by atoms with van der Waals surface area (Å²) in [5.41, 5.74) is 0.895. The van der Waals surface area contributed by atoms with Crippen molar-refractivity contribution in [3.63, 3.8) is 0 Å². The highest BCUT2D eigenvalue weighted by atomic mass is 16.5. The fourth-order valence-electron chi connectivity index (χ4n) is 0.894. The van der Waals surface area contributed by atoms with Gasteiger partial charge < -0.3 is 9.32 Å². The second kappa shape index (κ2) is 3.91. The normalized spacial score (nSPS) is 9.91. The number of aryl methyl sites for hydroxylation is 2. The molecular formula is C8H11NO2. The number of nitrogens with zero attached hydrogens (tertiary/aromatic N) is 1. The van der Waals surface area contributed by atoms with Crippen molar-refractivity contribution in [3.8, 4) is 0 Å². The molecule has 0 amide bonds. The maximum Gasteiger partial charge on any atom is 0.137 e. The van der Waals surface area contributed by atoms with Gasteiger partial charge in [-0.2, -0.15) is 0 Å². The average Bonchev–Trinajstić information content (AvgIpc) is 2.37. The smallest absolute Gasteiger partial charge is 0.137 e. The fraction of sp³-hybridized carbons (Fsp3) is 0.500. The zero-order valence-electron chi connectivity index (χ0n) is 6.54. The van der Waals surface area contributed by atoms with Gasteiger partial charge in [-0.15, -0.1) is 0 Å². The van der Waals surface area contributed by atoms with Gasteiger partial charge in [0, 0.05) is 18.9 Å². The zero-order chi connectivity index (χ0) is 8.10. The minimum absolute atomic E-state index is 0.597. The predicted molar refractivity (Wildman–Crippen MR) is 40.2 cm³/mol. The van der Waals surface area contributed by atoms with Crippen molar-refractivity contribution in [1.29, 1.82) is 0 Å². The Kier molecular flexibility index (Phi) is 2.83. The van der Waals surface area contributed by atoms with E-state index < -0.39 is 0 Å². The van der Waals surface area contributed by atoms with Crippen LogP contribution < -0.4 is 0 Å². The number of carbonyl (C=O) groups excluding carboxylic acids is 1. The van der Waals surface area contributed by atoms with Gasteiger partial charge in [-0.1, -0.05) is 5.16 Å². The second-order valence-electron chi connectivity index (χ2n) is 2.49. The van der Waals surface area contributed by atoms with Gasteiger partial charge >= 0.3 is 0 Å². The van der Waals surface area contributed by atoms with Crippen molar-refractivity contribution in [1.82, 2.24) is 5.16 Å². The lowest BCUT2D eigenvalue weighted by Crippen LogP contribution is -1.82.